The van der Waals surface area contributed by atoms with Gasteiger partial charge < -0.3 is 20.1 Å². The summed E-state index contributed by atoms with van der Waals surface area (Å²) >= 11 is 0. The minimum absolute atomic E-state index is 0.507. The van der Waals surface area contributed by atoms with E-state index in [1.807, 2.05) is 23.2 Å². The first-order valence-corrected chi connectivity index (χ1v) is 6.70. The van der Waals surface area contributed by atoms with Crippen LogP contribution in [-0.2, 0) is 4.74 Å². The summed E-state index contributed by atoms with van der Waals surface area (Å²) < 4.78 is 5.77. The van der Waals surface area contributed by atoms with Crippen molar-refractivity contribution in [2.24, 2.45) is 0 Å². The van der Waals surface area contributed by atoms with Crippen molar-refractivity contribution in [3.05, 3.63) is 57.6 Å². The summed E-state index contributed by atoms with van der Waals surface area (Å²) in [6, 6.07) is 5.72. The zero-order chi connectivity index (χ0) is 16.8. The molecule has 2 aromatic heterocycles. The molecule has 0 spiro atoms. The lowest BCUT2D eigenvalue weighted by Crippen LogP contribution is -2.39. The monoisotopic (exact) mass is 324 g/mol. The van der Waals surface area contributed by atoms with Gasteiger partial charge in [-0.3, -0.25) is 14.8 Å². The average Bonchev–Trinajstić information content (AvgIpc) is 2.85. The molecule has 4 N–H and O–H groups in total. The van der Waals surface area contributed by atoms with E-state index >= 15 is 0 Å². The minimum atomic E-state index is -1.41. The third-order valence-corrected chi connectivity index (χ3v) is 3.06. The number of pyridine rings is 1. The zero-order valence-corrected chi connectivity index (χ0v) is 11.9. The van der Waals surface area contributed by atoms with Gasteiger partial charge in [-0.05, 0) is 12.1 Å². The molecule has 0 saturated carbocycles. The Hall–Kier alpha value is -2.40. The highest BCUT2D eigenvalue weighted by Crippen LogP contribution is 2.27. The maximum Gasteiger partial charge on any atom is 0.347 e. The van der Waals surface area contributed by atoms with Crippen molar-refractivity contribution in [1.82, 2.24) is 19.7 Å². The van der Waals surface area contributed by atoms with Gasteiger partial charge in [0.25, 0.3) is 5.56 Å². The Morgan fingerprint density at radius 2 is 1.87 bits per heavy atom. The molecule has 1 aliphatic heterocycles. The molecule has 4 atom stereocenters. The van der Waals surface area contributed by atoms with Gasteiger partial charge in [0.05, 0.1) is 6.61 Å². The van der Waals surface area contributed by atoms with Gasteiger partial charge in [-0.15, -0.1) is 0 Å². The molecule has 0 amide bonds. The Balaban J connectivity index is 0.000000268. The van der Waals surface area contributed by atoms with Crippen LogP contribution in [0, 0.1) is 0 Å². The molecular formula is C13H16N4O6. The van der Waals surface area contributed by atoms with Gasteiger partial charge >= 0.3 is 5.69 Å². The van der Waals surface area contributed by atoms with Crippen LogP contribution in [0.4, 0.5) is 0 Å². The predicted octanol–water partition coefficient (Wildman–Crippen LogP) is -2.38. The second-order valence-electron chi connectivity index (χ2n) is 4.64. The lowest BCUT2D eigenvalue weighted by atomic mass is 10.1. The summed E-state index contributed by atoms with van der Waals surface area (Å²) in [6.07, 6.45) is -0.646. The maximum atomic E-state index is 11.4. The third kappa shape index (κ3) is 4.07. The van der Waals surface area contributed by atoms with Crippen LogP contribution in [0.5, 0.6) is 0 Å². The zero-order valence-electron chi connectivity index (χ0n) is 11.9. The Labute approximate surface area is 129 Å². The second kappa shape index (κ2) is 7.74. The normalized spacial score (nSPS) is 26.4. The SMILES string of the molecule is O=c1cnn([C@@H]2O[C@H](CO)[C@@H](O)[C@H]2O)c(=O)[nH]1.c1ccncc1. The van der Waals surface area contributed by atoms with Crippen LogP contribution in [0.2, 0.25) is 0 Å². The second-order valence-corrected chi connectivity index (χ2v) is 4.64. The third-order valence-electron chi connectivity index (χ3n) is 3.06. The molecule has 0 bridgehead atoms. The van der Waals surface area contributed by atoms with Crippen LogP contribution < -0.4 is 11.2 Å². The van der Waals surface area contributed by atoms with Crippen LogP contribution in [-0.4, -0.2) is 60.0 Å². The number of nitrogens with one attached hydrogen (secondary N) is 1. The molecule has 0 radical (unpaired) electrons. The summed E-state index contributed by atoms with van der Waals surface area (Å²) in [7, 11) is 0. The minimum Gasteiger partial charge on any atom is -0.394 e. The molecular weight excluding hydrogens is 308 g/mol. The lowest BCUT2D eigenvalue weighted by Gasteiger charge is -2.14. The van der Waals surface area contributed by atoms with E-state index in [9.17, 15) is 19.8 Å². The summed E-state index contributed by atoms with van der Waals surface area (Å²) in [5.41, 5.74) is -1.55. The summed E-state index contributed by atoms with van der Waals surface area (Å²) in [5, 5.41) is 31.5. The highest BCUT2D eigenvalue weighted by atomic mass is 16.6. The fourth-order valence-electron chi connectivity index (χ4n) is 1.94. The first kappa shape index (κ1) is 17.0. The molecule has 2 aromatic rings. The van der Waals surface area contributed by atoms with Gasteiger partial charge in [0.15, 0.2) is 6.23 Å². The first-order valence-electron chi connectivity index (χ1n) is 6.70. The number of aromatic amines is 1. The number of aromatic nitrogens is 4. The van der Waals surface area contributed by atoms with Crippen molar-refractivity contribution in [3.63, 3.8) is 0 Å². The van der Waals surface area contributed by atoms with Crippen molar-refractivity contribution < 1.29 is 20.1 Å². The topological polar surface area (TPSA) is 151 Å². The standard InChI is InChI=1S/C8H11N3O6.C5H5N/c12-2-3-5(14)6(15)7(17-3)11-8(16)10-4(13)1-9-11;1-2-4-6-5-3-1/h1,3,5-7,12,14-15H,2H2,(H,10,13,16);1-5H/t3-,5-,6-,7-;/m1./s1. The van der Waals surface area contributed by atoms with Crippen LogP contribution in [0.25, 0.3) is 0 Å². The molecule has 23 heavy (non-hydrogen) atoms. The smallest absolute Gasteiger partial charge is 0.347 e. The van der Waals surface area contributed by atoms with E-state index in [1.54, 1.807) is 12.4 Å². The highest BCUT2D eigenvalue weighted by Gasteiger charge is 2.44. The Bertz CT molecular complexity index is 691. The van der Waals surface area contributed by atoms with Crippen molar-refractivity contribution in [2.45, 2.75) is 24.5 Å². The molecule has 1 aliphatic rings. The van der Waals surface area contributed by atoms with E-state index in [0.29, 0.717) is 4.68 Å². The summed E-state index contributed by atoms with van der Waals surface area (Å²) in [4.78, 5) is 27.9. The van der Waals surface area contributed by atoms with E-state index in [4.69, 9.17) is 9.84 Å². The molecule has 10 nitrogen and oxygen atoms in total. The molecule has 0 unspecified atom stereocenters. The number of aliphatic hydroxyl groups excluding tert-OH is 3. The molecule has 1 saturated heterocycles. The number of hydrogen-bond acceptors (Lipinski definition) is 8. The molecule has 3 rings (SSSR count). The van der Waals surface area contributed by atoms with Gasteiger partial charge in [0.2, 0.25) is 0 Å². The van der Waals surface area contributed by atoms with E-state index in [1.165, 1.54) is 0 Å². The van der Waals surface area contributed by atoms with E-state index in [0.717, 1.165) is 6.20 Å². The van der Waals surface area contributed by atoms with E-state index in [2.05, 4.69) is 10.1 Å². The van der Waals surface area contributed by atoms with Gasteiger partial charge in [0.1, 0.15) is 24.5 Å². The van der Waals surface area contributed by atoms with E-state index < -0.39 is 42.4 Å². The number of H-pyrrole nitrogens is 1. The summed E-state index contributed by atoms with van der Waals surface area (Å²) in [6.45, 7) is -0.507. The molecule has 3 heterocycles. The molecule has 0 aromatic carbocycles. The van der Waals surface area contributed by atoms with Crippen LogP contribution in [0.1, 0.15) is 6.23 Å². The van der Waals surface area contributed by atoms with Gasteiger partial charge in [-0.1, -0.05) is 6.07 Å². The largest absolute Gasteiger partial charge is 0.394 e. The molecule has 0 aliphatic carbocycles. The first-order chi connectivity index (χ1) is 11.0. The van der Waals surface area contributed by atoms with Crippen LogP contribution in [0.3, 0.4) is 0 Å². The fourth-order valence-corrected chi connectivity index (χ4v) is 1.94. The summed E-state index contributed by atoms with van der Waals surface area (Å²) in [5.74, 6) is 0. The van der Waals surface area contributed by atoms with Crippen LogP contribution in [0.15, 0.2) is 46.4 Å². The van der Waals surface area contributed by atoms with Gasteiger partial charge in [0, 0.05) is 12.4 Å². The number of hydrogen-bond donors (Lipinski definition) is 4. The highest BCUT2D eigenvalue weighted by molar-refractivity contribution is 4.89. The predicted molar refractivity (Wildman–Crippen MR) is 76.4 cm³/mol. The molecule has 124 valence electrons. The Kier molecular flexibility index (Phi) is 5.71. The van der Waals surface area contributed by atoms with Crippen molar-refractivity contribution >= 4 is 0 Å². The number of nitrogens with zero attached hydrogens (tertiary/aromatic N) is 3. The van der Waals surface area contributed by atoms with Crippen molar-refractivity contribution in [2.75, 3.05) is 6.61 Å². The number of ether oxygens (including phenoxy) is 1. The Morgan fingerprint density at radius 1 is 1.17 bits per heavy atom. The molecule has 10 heteroatoms. The van der Waals surface area contributed by atoms with Crippen molar-refractivity contribution in [1.29, 1.82) is 0 Å². The number of aliphatic hydroxyl groups is 3. The van der Waals surface area contributed by atoms with Crippen molar-refractivity contribution in [3.8, 4) is 0 Å². The van der Waals surface area contributed by atoms with Crippen LogP contribution >= 0.6 is 0 Å². The van der Waals surface area contributed by atoms with Gasteiger partial charge in [-0.2, -0.15) is 9.78 Å². The maximum absolute atomic E-state index is 11.4. The quantitative estimate of drug-likeness (QED) is 0.478. The van der Waals surface area contributed by atoms with Gasteiger partial charge in [-0.25, -0.2) is 4.79 Å². The average molecular weight is 324 g/mol. The number of rotatable bonds is 2. The lowest BCUT2D eigenvalue weighted by molar-refractivity contribution is -0.0618. The Morgan fingerprint density at radius 3 is 2.30 bits per heavy atom. The molecule has 1 fully saturated rings. The fraction of sp³-hybridized carbons (Fsp3) is 0.385. The van der Waals surface area contributed by atoms with E-state index in [-0.39, 0.29) is 0 Å².